The van der Waals surface area contributed by atoms with Gasteiger partial charge in [0.05, 0.1) is 28.9 Å². The Morgan fingerprint density at radius 2 is 1.97 bits per heavy atom. The van der Waals surface area contributed by atoms with Crippen molar-refractivity contribution in [3.63, 3.8) is 0 Å². The summed E-state index contributed by atoms with van der Waals surface area (Å²) in [7, 11) is 0. The molecule has 1 aliphatic heterocycles. The Hall–Kier alpha value is -3.02. The number of ether oxygens (including phenoxy) is 2. The first kappa shape index (κ1) is 26.6. The largest absolute Gasteiger partial charge is 0.459 e. The van der Waals surface area contributed by atoms with E-state index in [4.69, 9.17) is 15.2 Å². The number of carbonyl (C=O) groups excluding carboxylic acids is 1. The topological polar surface area (TPSA) is 122 Å². The van der Waals surface area contributed by atoms with Gasteiger partial charge >= 0.3 is 5.97 Å². The van der Waals surface area contributed by atoms with Crippen LogP contribution in [0.4, 0.5) is 0 Å². The van der Waals surface area contributed by atoms with Gasteiger partial charge in [-0.2, -0.15) is 10.5 Å². The van der Waals surface area contributed by atoms with E-state index in [9.17, 15) is 15.3 Å². The fourth-order valence-corrected chi connectivity index (χ4v) is 5.32. The van der Waals surface area contributed by atoms with Crippen LogP contribution in [-0.4, -0.2) is 22.8 Å². The summed E-state index contributed by atoms with van der Waals surface area (Å²) in [6, 6.07) is 11.9. The predicted octanol–water partition coefficient (Wildman–Crippen LogP) is 5.29. The Labute approximate surface area is 223 Å². The molecule has 180 valence electrons. The Morgan fingerprint density at radius 1 is 1.26 bits per heavy atom. The highest BCUT2D eigenvalue weighted by molar-refractivity contribution is 14.1. The molecule has 7 nitrogen and oxygen atoms in total. The first-order valence-corrected chi connectivity index (χ1v) is 12.9. The van der Waals surface area contributed by atoms with E-state index in [2.05, 4.69) is 39.7 Å². The van der Waals surface area contributed by atoms with Gasteiger partial charge in [-0.1, -0.05) is 23.9 Å². The van der Waals surface area contributed by atoms with Gasteiger partial charge in [-0.15, -0.1) is 0 Å². The maximum absolute atomic E-state index is 13.3. The summed E-state index contributed by atoms with van der Waals surface area (Å²) in [5.41, 5.74) is 10.4. The van der Waals surface area contributed by atoms with Crippen LogP contribution in [0, 0.1) is 47.0 Å². The van der Waals surface area contributed by atoms with Gasteiger partial charge in [-0.05, 0) is 86.0 Å². The SMILES string of the molecule is Cc1nc(SCC2=C(C(=O)OC(C)C)[C@@H](c3cccc(I)c3)C(C#N)=C(N)O2)c(C#N)c(C)c1C. The molecule has 0 fully saturated rings. The Balaban J connectivity index is 2.15. The minimum Gasteiger partial charge on any atom is -0.459 e. The van der Waals surface area contributed by atoms with Crippen molar-refractivity contribution in [3.05, 3.63) is 78.6 Å². The van der Waals surface area contributed by atoms with Crippen LogP contribution in [0.25, 0.3) is 0 Å². The molecule has 0 bridgehead atoms. The third-order valence-corrected chi connectivity index (χ3v) is 7.30. The molecule has 2 aromatic rings. The Kier molecular flexibility index (Phi) is 8.47. The summed E-state index contributed by atoms with van der Waals surface area (Å²) >= 11 is 3.46. The van der Waals surface area contributed by atoms with E-state index in [1.165, 1.54) is 11.8 Å². The predicted molar refractivity (Wildman–Crippen MR) is 142 cm³/mol. The molecule has 1 aliphatic rings. The molecule has 2 N–H and O–H groups in total. The number of nitriles is 2. The number of nitrogens with zero attached hydrogens (tertiary/aromatic N) is 3. The number of benzene rings is 1. The Morgan fingerprint density at radius 3 is 2.57 bits per heavy atom. The number of hydrogen-bond donors (Lipinski definition) is 1. The summed E-state index contributed by atoms with van der Waals surface area (Å²) in [4.78, 5) is 17.9. The van der Waals surface area contributed by atoms with E-state index in [0.717, 1.165) is 26.0 Å². The molecule has 0 radical (unpaired) electrons. The standard InChI is InChI=1S/C26H25IN4O3S/c1-13(2)33-26(32)23-21(12-35-25-19(10-28)15(4)14(3)16(5)31-25)34-24(30)20(11-29)22(23)17-7-6-8-18(27)9-17/h6-9,13,22H,12,30H2,1-5H3/t22-/m0/s1. The van der Waals surface area contributed by atoms with Crippen LogP contribution >= 0.6 is 34.4 Å². The van der Waals surface area contributed by atoms with Crippen LogP contribution in [0.1, 0.15) is 47.7 Å². The molecule has 0 unspecified atom stereocenters. The maximum atomic E-state index is 13.3. The lowest BCUT2D eigenvalue weighted by atomic mass is 9.83. The molecule has 0 aliphatic carbocycles. The highest BCUT2D eigenvalue weighted by Gasteiger charge is 2.38. The van der Waals surface area contributed by atoms with Gasteiger partial charge < -0.3 is 15.2 Å². The first-order valence-electron chi connectivity index (χ1n) is 10.9. The molecule has 1 aromatic heterocycles. The number of nitrogens with two attached hydrogens (primary N) is 1. The number of esters is 1. The molecule has 1 atom stereocenters. The number of rotatable bonds is 6. The highest BCUT2D eigenvalue weighted by atomic mass is 127. The fraction of sp³-hybridized carbons (Fsp3) is 0.308. The van der Waals surface area contributed by atoms with Crippen LogP contribution < -0.4 is 5.73 Å². The van der Waals surface area contributed by atoms with Crippen molar-refractivity contribution in [2.75, 3.05) is 5.75 Å². The van der Waals surface area contributed by atoms with Gasteiger partial charge in [0.1, 0.15) is 28.5 Å². The lowest BCUT2D eigenvalue weighted by Crippen LogP contribution is -2.28. The zero-order valence-corrected chi connectivity index (χ0v) is 23.1. The molecule has 1 aromatic carbocycles. The summed E-state index contributed by atoms with van der Waals surface area (Å²) in [5, 5.41) is 20.2. The second-order valence-corrected chi connectivity index (χ2v) is 10.5. The second-order valence-electron chi connectivity index (χ2n) is 8.30. The Bertz CT molecular complexity index is 1340. The van der Waals surface area contributed by atoms with Gasteiger partial charge in [-0.3, -0.25) is 0 Å². The number of aryl methyl sites for hydroxylation is 1. The van der Waals surface area contributed by atoms with Crippen molar-refractivity contribution >= 4 is 40.3 Å². The smallest absolute Gasteiger partial charge is 0.338 e. The normalized spacial score (nSPS) is 15.5. The van der Waals surface area contributed by atoms with Crippen LogP contribution in [0.3, 0.4) is 0 Å². The van der Waals surface area contributed by atoms with Crippen molar-refractivity contribution in [3.8, 4) is 12.1 Å². The van der Waals surface area contributed by atoms with E-state index < -0.39 is 11.9 Å². The average molecular weight is 600 g/mol. The molecule has 35 heavy (non-hydrogen) atoms. The van der Waals surface area contributed by atoms with Gasteiger partial charge in [0.15, 0.2) is 0 Å². The molecule has 0 amide bonds. The maximum Gasteiger partial charge on any atom is 0.338 e. The number of hydrogen-bond acceptors (Lipinski definition) is 8. The van der Waals surface area contributed by atoms with Gasteiger partial charge in [-0.25, -0.2) is 9.78 Å². The number of allylic oxidation sites excluding steroid dienone is 1. The van der Waals surface area contributed by atoms with Crippen molar-refractivity contribution in [2.24, 2.45) is 5.73 Å². The average Bonchev–Trinajstić information content (AvgIpc) is 2.80. The van der Waals surface area contributed by atoms with Crippen LogP contribution in [0.15, 0.2) is 52.1 Å². The quantitative estimate of drug-likeness (QED) is 0.270. The molecular weight excluding hydrogens is 575 g/mol. The van der Waals surface area contributed by atoms with E-state index in [-0.39, 0.29) is 34.6 Å². The van der Waals surface area contributed by atoms with E-state index >= 15 is 0 Å². The van der Waals surface area contributed by atoms with Gasteiger partial charge in [0.25, 0.3) is 0 Å². The summed E-state index contributed by atoms with van der Waals surface area (Å²) in [6.45, 7) is 9.23. The van der Waals surface area contributed by atoms with Crippen molar-refractivity contribution in [1.29, 1.82) is 10.5 Å². The van der Waals surface area contributed by atoms with Crippen molar-refractivity contribution in [2.45, 2.75) is 51.7 Å². The van der Waals surface area contributed by atoms with Crippen molar-refractivity contribution < 1.29 is 14.3 Å². The monoisotopic (exact) mass is 600 g/mol. The number of thioether (sulfide) groups is 1. The summed E-state index contributed by atoms with van der Waals surface area (Å²) < 4.78 is 12.3. The van der Waals surface area contributed by atoms with Crippen LogP contribution in [0.2, 0.25) is 0 Å². The van der Waals surface area contributed by atoms with Crippen molar-refractivity contribution in [1.82, 2.24) is 4.98 Å². The summed E-state index contributed by atoms with van der Waals surface area (Å²) in [6.07, 6.45) is -0.372. The number of halogens is 1. The van der Waals surface area contributed by atoms with Gasteiger partial charge in [0, 0.05) is 9.26 Å². The van der Waals surface area contributed by atoms with Crippen LogP contribution in [0.5, 0.6) is 0 Å². The number of carbonyl (C=O) groups is 1. The molecule has 0 saturated heterocycles. The molecule has 2 heterocycles. The van der Waals surface area contributed by atoms with E-state index in [0.29, 0.717) is 10.6 Å². The molecule has 0 saturated carbocycles. The zero-order valence-electron chi connectivity index (χ0n) is 20.1. The number of pyridine rings is 1. The third kappa shape index (κ3) is 5.63. The minimum absolute atomic E-state index is 0.0576. The van der Waals surface area contributed by atoms with E-state index in [1.807, 2.05) is 45.0 Å². The highest BCUT2D eigenvalue weighted by Crippen LogP contribution is 2.42. The van der Waals surface area contributed by atoms with Crippen LogP contribution in [-0.2, 0) is 14.3 Å². The second kappa shape index (κ2) is 11.1. The minimum atomic E-state index is -0.741. The first-order chi connectivity index (χ1) is 16.6. The van der Waals surface area contributed by atoms with E-state index in [1.54, 1.807) is 13.8 Å². The van der Waals surface area contributed by atoms with Gasteiger partial charge in [0.2, 0.25) is 5.88 Å². The third-order valence-electron chi connectivity index (χ3n) is 5.66. The number of aromatic nitrogens is 1. The lowest BCUT2D eigenvalue weighted by Gasteiger charge is -2.28. The fourth-order valence-electron chi connectivity index (χ4n) is 3.73. The molecule has 9 heteroatoms. The zero-order chi connectivity index (χ0) is 25.9. The summed E-state index contributed by atoms with van der Waals surface area (Å²) in [5.74, 6) is -0.925. The molecule has 3 rings (SSSR count). The molecular formula is C26H25IN4O3S. The molecule has 0 spiro atoms. The lowest BCUT2D eigenvalue weighted by molar-refractivity contribution is -0.143.